The van der Waals surface area contributed by atoms with E-state index in [-0.39, 0.29) is 16.9 Å². The highest BCUT2D eigenvalue weighted by atomic mass is 16.2. The van der Waals surface area contributed by atoms with Crippen LogP contribution in [0, 0.1) is 17.3 Å². The van der Waals surface area contributed by atoms with Crippen LogP contribution in [0.4, 0.5) is 0 Å². The summed E-state index contributed by atoms with van der Waals surface area (Å²) < 4.78 is 0. The molecule has 0 unspecified atom stereocenters. The highest BCUT2D eigenvalue weighted by Crippen LogP contribution is 2.61. The molecule has 3 aliphatic rings. The molecule has 1 aliphatic heterocycles. The molecule has 0 spiro atoms. The molecule has 3 rings (SSSR count). The minimum atomic E-state index is -0.0143. The molecular weight excluding hydrogens is 262 g/mol. The molecule has 120 valence electrons. The Hall–Kier alpha value is -0.610. The molecule has 2 saturated carbocycles. The van der Waals surface area contributed by atoms with Gasteiger partial charge in [0.1, 0.15) is 0 Å². The molecule has 0 aromatic rings. The van der Waals surface area contributed by atoms with Crippen LogP contribution in [-0.2, 0) is 4.79 Å². The first kappa shape index (κ1) is 15.3. The average Bonchev–Trinajstić information content (AvgIpc) is 2.96. The molecule has 0 aromatic heterocycles. The number of amides is 1. The number of hydrogen-bond donors (Lipinski definition) is 1. The molecule has 4 nitrogen and oxygen atoms in total. The number of nitrogens with one attached hydrogen (secondary N) is 1. The van der Waals surface area contributed by atoms with Crippen molar-refractivity contribution in [3.8, 4) is 0 Å². The molecule has 1 N–H and O–H groups in total. The number of fused-ring (bicyclic) bond motifs is 2. The zero-order chi connectivity index (χ0) is 15.3. The maximum Gasteiger partial charge on any atom is 0.234 e. The van der Waals surface area contributed by atoms with E-state index in [0.717, 1.165) is 32.1 Å². The van der Waals surface area contributed by atoms with E-state index in [1.807, 2.05) is 0 Å². The number of carbonyl (C=O) groups excluding carboxylic acids is 1. The predicted molar refractivity (Wildman–Crippen MR) is 85.1 cm³/mol. The van der Waals surface area contributed by atoms with Gasteiger partial charge in [-0.15, -0.1) is 0 Å². The molecule has 0 aromatic carbocycles. The number of piperazine rings is 1. The zero-order valence-corrected chi connectivity index (χ0v) is 14.1. The van der Waals surface area contributed by atoms with Crippen molar-refractivity contribution in [2.45, 2.75) is 45.6 Å². The van der Waals surface area contributed by atoms with Crippen LogP contribution in [0.2, 0.25) is 0 Å². The van der Waals surface area contributed by atoms with Crippen molar-refractivity contribution in [1.29, 1.82) is 0 Å². The lowest BCUT2D eigenvalue weighted by Gasteiger charge is -2.48. The van der Waals surface area contributed by atoms with Crippen molar-refractivity contribution >= 4 is 5.91 Å². The van der Waals surface area contributed by atoms with Crippen LogP contribution in [0.15, 0.2) is 0 Å². The van der Waals surface area contributed by atoms with Gasteiger partial charge in [-0.25, -0.2) is 0 Å². The molecule has 3 atom stereocenters. The Labute approximate surface area is 129 Å². The van der Waals surface area contributed by atoms with Crippen molar-refractivity contribution < 1.29 is 4.79 Å². The van der Waals surface area contributed by atoms with Crippen molar-refractivity contribution in [2.24, 2.45) is 17.3 Å². The lowest BCUT2D eigenvalue weighted by atomic mass is 9.64. The van der Waals surface area contributed by atoms with E-state index in [9.17, 15) is 4.79 Å². The normalized spacial score (nSPS) is 39.6. The third-order valence-corrected chi connectivity index (χ3v) is 6.97. The molecule has 1 heterocycles. The molecule has 2 aliphatic carbocycles. The number of nitrogens with zero attached hydrogens (tertiary/aromatic N) is 2. The Kier molecular flexibility index (Phi) is 3.81. The number of hydrogen-bond acceptors (Lipinski definition) is 3. The average molecular weight is 293 g/mol. The largest absolute Gasteiger partial charge is 0.349 e. The summed E-state index contributed by atoms with van der Waals surface area (Å²) in [6.45, 7) is 11.7. The van der Waals surface area contributed by atoms with E-state index in [0.29, 0.717) is 12.5 Å². The SMILES string of the molecule is CN1CCN(CC(=O)N[C@]2(C)[C@H]3CC[C@@H](C3)C2(C)C)CC1. The fraction of sp³-hybridized carbons (Fsp3) is 0.941. The fourth-order valence-corrected chi connectivity index (χ4v) is 4.91. The zero-order valence-electron chi connectivity index (χ0n) is 14.1. The monoisotopic (exact) mass is 293 g/mol. The second-order valence-electron chi connectivity index (χ2n) is 8.26. The standard InChI is InChI=1S/C17H31N3O/c1-16(2)13-5-6-14(11-13)17(16,3)18-15(21)12-20-9-7-19(4)8-10-20/h13-14H,5-12H2,1-4H3,(H,18,21)/t13-,14-,17+/m0/s1. The molecule has 21 heavy (non-hydrogen) atoms. The summed E-state index contributed by atoms with van der Waals surface area (Å²) in [5, 5.41) is 3.44. The molecule has 2 bridgehead atoms. The Balaban J connectivity index is 1.59. The fourth-order valence-electron chi connectivity index (χ4n) is 4.91. The summed E-state index contributed by atoms with van der Waals surface area (Å²) in [5.74, 6) is 1.69. The number of rotatable bonds is 3. The van der Waals surface area contributed by atoms with Crippen LogP contribution >= 0.6 is 0 Å². The Morgan fingerprint density at radius 3 is 2.29 bits per heavy atom. The third kappa shape index (κ3) is 2.50. The van der Waals surface area contributed by atoms with Crippen molar-refractivity contribution in [2.75, 3.05) is 39.8 Å². The van der Waals surface area contributed by atoms with Crippen LogP contribution in [0.3, 0.4) is 0 Å². The van der Waals surface area contributed by atoms with Gasteiger partial charge in [-0.2, -0.15) is 0 Å². The van der Waals surface area contributed by atoms with Crippen LogP contribution < -0.4 is 5.32 Å². The van der Waals surface area contributed by atoms with Crippen LogP contribution in [-0.4, -0.2) is 61.0 Å². The Morgan fingerprint density at radius 2 is 1.71 bits per heavy atom. The van der Waals surface area contributed by atoms with Crippen molar-refractivity contribution in [1.82, 2.24) is 15.1 Å². The number of likely N-dealkylation sites (N-methyl/N-ethyl adjacent to an activating group) is 1. The summed E-state index contributed by atoms with van der Waals surface area (Å²) in [6, 6.07) is 0. The van der Waals surface area contributed by atoms with E-state index >= 15 is 0 Å². The minimum absolute atomic E-state index is 0.0143. The summed E-state index contributed by atoms with van der Waals surface area (Å²) in [5.41, 5.74) is 0.216. The van der Waals surface area contributed by atoms with E-state index in [4.69, 9.17) is 0 Å². The molecule has 4 heteroatoms. The first-order valence-corrected chi connectivity index (χ1v) is 8.55. The lowest BCUT2D eigenvalue weighted by Crippen LogP contribution is -2.61. The van der Waals surface area contributed by atoms with Crippen molar-refractivity contribution in [3.63, 3.8) is 0 Å². The van der Waals surface area contributed by atoms with Crippen LogP contribution in [0.5, 0.6) is 0 Å². The second kappa shape index (κ2) is 5.24. The van der Waals surface area contributed by atoms with Gasteiger partial charge in [-0.05, 0) is 50.5 Å². The van der Waals surface area contributed by atoms with E-state index in [2.05, 4.69) is 42.9 Å². The summed E-state index contributed by atoms with van der Waals surface area (Å²) >= 11 is 0. The molecule has 1 saturated heterocycles. The first-order valence-electron chi connectivity index (χ1n) is 8.55. The molecule has 0 radical (unpaired) electrons. The van der Waals surface area contributed by atoms with Gasteiger partial charge in [0.05, 0.1) is 6.54 Å². The molecule has 1 amide bonds. The quantitative estimate of drug-likeness (QED) is 0.858. The number of carbonyl (C=O) groups is 1. The van der Waals surface area contributed by atoms with E-state index in [1.165, 1.54) is 19.3 Å². The topological polar surface area (TPSA) is 35.6 Å². The maximum atomic E-state index is 12.6. The minimum Gasteiger partial charge on any atom is -0.349 e. The lowest BCUT2D eigenvalue weighted by molar-refractivity contribution is -0.127. The van der Waals surface area contributed by atoms with Gasteiger partial charge in [0.25, 0.3) is 0 Å². The van der Waals surface area contributed by atoms with Gasteiger partial charge in [-0.1, -0.05) is 13.8 Å². The first-order chi connectivity index (χ1) is 9.83. The summed E-state index contributed by atoms with van der Waals surface area (Å²) in [6.07, 6.45) is 3.94. The van der Waals surface area contributed by atoms with Gasteiger partial charge < -0.3 is 10.2 Å². The second-order valence-corrected chi connectivity index (χ2v) is 8.26. The van der Waals surface area contributed by atoms with E-state index < -0.39 is 0 Å². The van der Waals surface area contributed by atoms with Gasteiger partial charge in [0.15, 0.2) is 0 Å². The van der Waals surface area contributed by atoms with Gasteiger partial charge >= 0.3 is 0 Å². The van der Waals surface area contributed by atoms with E-state index in [1.54, 1.807) is 0 Å². The third-order valence-electron chi connectivity index (χ3n) is 6.97. The predicted octanol–water partition coefficient (Wildman–Crippen LogP) is 1.56. The highest BCUT2D eigenvalue weighted by Gasteiger charge is 2.60. The molecule has 3 fully saturated rings. The maximum absolute atomic E-state index is 12.6. The van der Waals surface area contributed by atoms with Crippen LogP contribution in [0.1, 0.15) is 40.0 Å². The smallest absolute Gasteiger partial charge is 0.234 e. The Bertz CT molecular complexity index is 414. The summed E-state index contributed by atoms with van der Waals surface area (Å²) in [7, 11) is 2.15. The summed E-state index contributed by atoms with van der Waals surface area (Å²) in [4.78, 5) is 17.2. The highest BCUT2D eigenvalue weighted by molar-refractivity contribution is 5.79. The van der Waals surface area contributed by atoms with Crippen LogP contribution in [0.25, 0.3) is 0 Å². The molecular formula is C17H31N3O. The van der Waals surface area contributed by atoms with Gasteiger partial charge in [0.2, 0.25) is 5.91 Å². The van der Waals surface area contributed by atoms with Gasteiger partial charge in [-0.3, -0.25) is 9.69 Å². The van der Waals surface area contributed by atoms with Crippen molar-refractivity contribution in [3.05, 3.63) is 0 Å². The Morgan fingerprint density at radius 1 is 1.10 bits per heavy atom. The van der Waals surface area contributed by atoms with Gasteiger partial charge in [0, 0.05) is 31.7 Å².